The lowest BCUT2D eigenvalue weighted by Gasteiger charge is -2.36. The third kappa shape index (κ3) is 14.0. The number of allylic oxidation sites excluding steroid dienone is 1. The van der Waals surface area contributed by atoms with E-state index in [1.807, 2.05) is 13.0 Å². The number of carbonyl (C=O) groups is 1. The minimum Gasteiger partial charge on any atom is -0.497 e. The number of likely N-dealkylation sites (tertiary alicyclic amines) is 1. The van der Waals surface area contributed by atoms with Crippen LogP contribution in [0.4, 0.5) is 36.8 Å². The summed E-state index contributed by atoms with van der Waals surface area (Å²) in [5.74, 6) is 0.459. The van der Waals surface area contributed by atoms with E-state index in [0.29, 0.717) is 30.9 Å². The number of halogens is 6. The normalized spacial score (nSPS) is 16.2. The first-order valence-corrected chi connectivity index (χ1v) is 14.7. The van der Waals surface area contributed by atoms with Crippen molar-refractivity contribution < 1.29 is 45.3 Å². The van der Waals surface area contributed by atoms with Gasteiger partial charge in [-0.15, -0.1) is 13.2 Å². The number of urea groups is 1. The Morgan fingerprint density at radius 1 is 1.04 bits per heavy atom. The fourth-order valence-corrected chi connectivity index (χ4v) is 3.96. The van der Waals surface area contributed by atoms with Crippen LogP contribution in [0.1, 0.15) is 56.7 Å². The van der Waals surface area contributed by atoms with Gasteiger partial charge in [0.15, 0.2) is 0 Å². The molecule has 0 radical (unpaired) electrons. The summed E-state index contributed by atoms with van der Waals surface area (Å²) >= 11 is 0. The van der Waals surface area contributed by atoms with Crippen LogP contribution in [0.5, 0.6) is 5.75 Å². The second kappa shape index (κ2) is 18.9. The molecule has 6 nitrogen and oxygen atoms in total. The largest absolute Gasteiger partial charge is 0.573 e. The lowest BCUT2D eigenvalue weighted by molar-refractivity contribution is -0.274. The molecule has 256 valence electrons. The molecule has 46 heavy (non-hydrogen) atoms. The van der Waals surface area contributed by atoms with E-state index in [1.54, 1.807) is 45.1 Å². The number of piperidine rings is 1. The van der Waals surface area contributed by atoms with E-state index in [4.69, 9.17) is 9.47 Å². The molecule has 0 aliphatic carbocycles. The van der Waals surface area contributed by atoms with Gasteiger partial charge in [-0.25, -0.2) is 4.79 Å². The number of amides is 2. The van der Waals surface area contributed by atoms with Crippen LogP contribution in [-0.2, 0) is 15.7 Å². The molecule has 1 saturated heterocycles. The van der Waals surface area contributed by atoms with Gasteiger partial charge in [0, 0.05) is 19.3 Å². The van der Waals surface area contributed by atoms with Gasteiger partial charge in [0.25, 0.3) is 0 Å². The summed E-state index contributed by atoms with van der Waals surface area (Å²) in [6.45, 7) is 14.4. The average molecular weight is 659 g/mol. The highest BCUT2D eigenvalue weighted by Gasteiger charge is 2.33. The molecule has 1 N–H and O–H groups in total. The Hall–Kier alpha value is -3.93. The predicted molar refractivity (Wildman–Crippen MR) is 169 cm³/mol. The molecular formula is C34H44F6N2O4. The van der Waals surface area contributed by atoms with Gasteiger partial charge in [0.05, 0.1) is 25.3 Å². The van der Waals surface area contributed by atoms with Gasteiger partial charge < -0.3 is 24.4 Å². The first-order valence-electron chi connectivity index (χ1n) is 14.7. The summed E-state index contributed by atoms with van der Waals surface area (Å²) < 4.78 is 88.0. The van der Waals surface area contributed by atoms with E-state index in [0.717, 1.165) is 28.8 Å². The molecule has 1 fully saturated rings. The van der Waals surface area contributed by atoms with E-state index in [2.05, 4.69) is 30.5 Å². The van der Waals surface area contributed by atoms with Crippen LogP contribution in [0, 0.1) is 13.8 Å². The topological polar surface area (TPSA) is 60.0 Å². The predicted octanol–water partition coefficient (Wildman–Crippen LogP) is 10.00. The molecule has 0 bridgehead atoms. The number of hydrogen-bond acceptors (Lipinski definition) is 4. The second-order valence-electron chi connectivity index (χ2n) is 10.4. The molecule has 2 amide bonds. The van der Waals surface area contributed by atoms with Crippen molar-refractivity contribution in [1.29, 1.82) is 0 Å². The van der Waals surface area contributed by atoms with Crippen molar-refractivity contribution in [1.82, 2.24) is 4.90 Å². The number of nitrogens with zero attached hydrogens (tertiary/aromatic N) is 1. The second-order valence-corrected chi connectivity index (χ2v) is 10.4. The van der Waals surface area contributed by atoms with E-state index in [9.17, 15) is 31.1 Å². The number of ether oxygens (including phenoxy) is 3. The molecule has 0 aromatic heterocycles. The van der Waals surface area contributed by atoms with Crippen LogP contribution >= 0.6 is 0 Å². The number of anilines is 1. The minimum absolute atomic E-state index is 0.137. The molecule has 3 rings (SSSR count). The maximum Gasteiger partial charge on any atom is 0.573 e. The van der Waals surface area contributed by atoms with Crippen molar-refractivity contribution in [2.24, 2.45) is 0 Å². The highest BCUT2D eigenvalue weighted by atomic mass is 19.4. The fraction of sp³-hybridized carbons (Fsp3) is 0.441. The van der Waals surface area contributed by atoms with Gasteiger partial charge in [-0.05, 0) is 85.9 Å². The van der Waals surface area contributed by atoms with Crippen molar-refractivity contribution in [3.8, 4) is 5.75 Å². The minimum atomic E-state index is -4.60. The Morgan fingerprint density at radius 3 is 2.22 bits per heavy atom. The fourth-order valence-electron chi connectivity index (χ4n) is 3.96. The van der Waals surface area contributed by atoms with Crippen molar-refractivity contribution >= 4 is 11.7 Å². The SMILES string of the molecule is C=C1/C(=C\C(=C/COC)OC)CCN(C(=O)Nc2cc(C(F)(F)F)ccc2C)C1C.CCCC.Cc1cccc(OC(F)(F)F)c1. The molecule has 1 aliphatic heterocycles. The van der Waals surface area contributed by atoms with E-state index in [-0.39, 0.29) is 17.5 Å². The number of alkyl halides is 6. The third-order valence-electron chi connectivity index (χ3n) is 6.80. The first-order chi connectivity index (χ1) is 21.5. The zero-order valence-electron chi connectivity index (χ0n) is 27.4. The van der Waals surface area contributed by atoms with Crippen molar-refractivity contribution in [3.63, 3.8) is 0 Å². The van der Waals surface area contributed by atoms with Crippen LogP contribution in [0.2, 0.25) is 0 Å². The molecule has 1 atom stereocenters. The highest BCUT2D eigenvalue weighted by Crippen LogP contribution is 2.33. The molecule has 1 aliphatic rings. The van der Waals surface area contributed by atoms with Crippen LogP contribution in [0.25, 0.3) is 0 Å². The Morgan fingerprint density at radius 2 is 1.70 bits per heavy atom. The van der Waals surface area contributed by atoms with Gasteiger partial charge in [0.1, 0.15) is 11.5 Å². The number of unbranched alkanes of at least 4 members (excludes halogenated alkanes) is 1. The standard InChI is InChI=1S/C22H27F3N2O3.C8H7F3O.C4H10/c1-14-6-7-18(22(23,24)25)13-20(14)26-21(28)27-10-8-17(15(2)16(27)3)12-19(30-5)9-11-29-4;1-6-3-2-4-7(5-6)12-8(9,10)11;1-3-4-2/h6-7,9,12-13,16H,2,8,10-11H2,1,3-5H3,(H,26,28);2-5H,1H3;3-4H2,1-2H3/b17-12-,19-9+;;. The lowest BCUT2D eigenvalue weighted by atomic mass is 9.92. The van der Waals surface area contributed by atoms with E-state index in [1.165, 1.54) is 37.1 Å². The third-order valence-corrected chi connectivity index (χ3v) is 6.80. The smallest absolute Gasteiger partial charge is 0.497 e. The molecule has 12 heteroatoms. The number of methoxy groups -OCH3 is 2. The van der Waals surface area contributed by atoms with Gasteiger partial charge in [-0.1, -0.05) is 51.5 Å². The maximum atomic E-state index is 13.0. The van der Waals surface area contributed by atoms with Gasteiger partial charge >= 0.3 is 18.6 Å². The first kappa shape index (κ1) is 40.1. The monoisotopic (exact) mass is 658 g/mol. The average Bonchev–Trinajstić information content (AvgIpc) is 2.97. The molecule has 2 aromatic rings. The quantitative estimate of drug-likeness (QED) is 0.238. The summed E-state index contributed by atoms with van der Waals surface area (Å²) in [6, 6.07) is 8.30. The van der Waals surface area contributed by atoms with Crippen LogP contribution in [-0.4, -0.2) is 50.7 Å². The van der Waals surface area contributed by atoms with Crippen molar-refractivity contribution in [3.05, 3.63) is 94.8 Å². The number of nitrogens with one attached hydrogen (secondary N) is 1. The lowest BCUT2D eigenvalue weighted by Crippen LogP contribution is -2.46. The van der Waals surface area contributed by atoms with E-state index < -0.39 is 24.1 Å². The molecule has 1 unspecified atom stereocenters. The Bertz CT molecular complexity index is 1330. The summed E-state index contributed by atoms with van der Waals surface area (Å²) in [5, 5.41) is 2.61. The maximum absolute atomic E-state index is 13.0. The van der Waals surface area contributed by atoms with Gasteiger partial charge in [0.2, 0.25) is 0 Å². The zero-order valence-corrected chi connectivity index (χ0v) is 27.4. The van der Waals surface area contributed by atoms with Crippen LogP contribution < -0.4 is 10.1 Å². The summed E-state index contributed by atoms with van der Waals surface area (Å²) in [6.07, 6.45) is -2.24. The van der Waals surface area contributed by atoms with Gasteiger partial charge in [-0.3, -0.25) is 0 Å². The molecule has 0 spiro atoms. The number of benzene rings is 2. The Balaban J connectivity index is 0.000000543. The highest BCUT2D eigenvalue weighted by molar-refractivity contribution is 5.91. The molecule has 0 saturated carbocycles. The summed E-state index contributed by atoms with van der Waals surface area (Å²) in [4.78, 5) is 14.3. The Kier molecular flexibility index (Phi) is 16.5. The summed E-state index contributed by atoms with van der Waals surface area (Å²) in [7, 11) is 3.14. The zero-order chi connectivity index (χ0) is 35.1. The Labute approximate surface area is 267 Å². The number of rotatable bonds is 7. The van der Waals surface area contributed by atoms with Crippen molar-refractivity contribution in [2.45, 2.75) is 72.5 Å². The molecule has 2 aromatic carbocycles. The van der Waals surface area contributed by atoms with Crippen LogP contribution in [0.15, 0.2) is 78.1 Å². The van der Waals surface area contributed by atoms with Crippen molar-refractivity contribution in [2.75, 3.05) is 32.7 Å². The number of hydrogen-bond donors (Lipinski definition) is 1. The number of carbonyl (C=O) groups excluding carboxylic acids is 1. The molecular weight excluding hydrogens is 614 g/mol. The number of aryl methyl sites for hydroxylation is 2. The van der Waals surface area contributed by atoms with E-state index >= 15 is 0 Å². The summed E-state index contributed by atoms with van der Waals surface area (Å²) in [5.41, 5.74) is 2.31. The molecule has 1 heterocycles. The van der Waals surface area contributed by atoms with Crippen LogP contribution in [0.3, 0.4) is 0 Å². The van der Waals surface area contributed by atoms with Gasteiger partial charge in [-0.2, -0.15) is 13.2 Å².